The molecule has 7 heteroatoms. The second-order valence-corrected chi connectivity index (χ2v) is 8.53. The number of nitrogens with one attached hydrogen (secondary N) is 1. The fourth-order valence-corrected chi connectivity index (χ4v) is 4.15. The molecule has 1 amide bonds. The Labute approximate surface area is 169 Å². The largest absolute Gasteiger partial charge is 0.346 e. The Morgan fingerprint density at radius 1 is 0.966 bits per heavy atom. The first-order valence-corrected chi connectivity index (χ1v) is 10.4. The molecule has 0 saturated heterocycles. The van der Waals surface area contributed by atoms with Crippen molar-refractivity contribution in [2.45, 2.75) is 17.9 Å². The third-order valence-electron chi connectivity index (χ3n) is 4.59. The minimum atomic E-state index is -4.04. The highest BCUT2D eigenvalue weighted by molar-refractivity contribution is 7.92. The Balaban J connectivity index is 1.85. The van der Waals surface area contributed by atoms with Gasteiger partial charge in [-0.1, -0.05) is 48.5 Å². The van der Waals surface area contributed by atoms with Gasteiger partial charge < -0.3 is 5.32 Å². The molecule has 1 atom stereocenters. The van der Waals surface area contributed by atoms with E-state index in [1.54, 1.807) is 6.07 Å². The maximum absolute atomic E-state index is 14.0. The predicted molar refractivity (Wildman–Crippen MR) is 111 cm³/mol. The number of benzene rings is 3. The Kier molecular flexibility index (Phi) is 5.98. The highest BCUT2D eigenvalue weighted by Gasteiger charge is 2.24. The van der Waals surface area contributed by atoms with Crippen molar-refractivity contribution in [3.05, 3.63) is 95.8 Å². The SMILES string of the molecule is C[C@H](NC(=O)c1cccc(S(=O)(=O)N(C)c2ccccc2F)c1)c1ccccc1. The molecule has 0 aliphatic heterocycles. The molecule has 29 heavy (non-hydrogen) atoms. The van der Waals surface area contributed by atoms with Gasteiger partial charge in [0.1, 0.15) is 5.82 Å². The van der Waals surface area contributed by atoms with E-state index in [0.717, 1.165) is 9.87 Å². The van der Waals surface area contributed by atoms with Gasteiger partial charge in [-0.05, 0) is 42.8 Å². The average Bonchev–Trinajstić information content (AvgIpc) is 2.74. The number of carbonyl (C=O) groups excluding carboxylic acids is 1. The monoisotopic (exact) mass is 412 g/mol. The molecule has 0 aromatic heterocycles. The van der Waals surface area contributed by atoms with Crippen molar-refractivity contribution in [1.82, 2.24) is 5.32 Å². The van der Waals surface area contributed by atoms with Gasteiger partial charge in [-0.2, -0.15) is 0 Å². The minimum absolute atomic E-state index is 0.0694. The van der Waals surface area contributed by atoms with E-state index in [9.17, 15) is 17.6 Å². The fraction of sp³-hybridized carbons (Fsp3) is 0.136. The van der Waals surface area contributed by atoms with Crippen LogP contribution in [0.1, 0.15) is 28.9 Å². The van der Waals surface area contributed by atoms with Crippen LogP contribution in [-0.4, -0.2) is 21.4 Å². The summed E-state index contributed by atoms with van der Waals surface area (Å²) in [4.78, 5) is 12.5. The lowest BCUT2D eigenvalue weighted by Gasteiger charge is -2.20. The number of rotatable bonds is 6. The molecule has 0 aliphatic rings. The van der Waals surface area contributed by atoms with E-state index in [0.29, 0.717) is 0 Å². The number of nitrogens with zero attached hydrogens (tertiary/aromatic N) is 1. The van der Waals surface area contributed by atoms with Crippen LogP contribution in [0.15, 0.2) is 83.8 Å². The van der Waals surface area contributed by atoms with Crippen LogP contribution in [0.2, 0.25) is 0 Å². The molecule has 0 heterocycles. The van der Waals surface area contributed by atoms with Gasteiger partial charge in [0.05, 0.1) is 16.6 Å². The number of sulfonamides is 1. The zero-order valence-electron chi connectivity index (χ0n) is 16.0. The van der Waals surface area contributed by atoms with Crippen LogP contribution in [0.3, 0.4) is 0 Å². The highest BCUT2D eigenvalue weighted by atomic mass is 32.2. The smallest absolute Gasteiger partial charge is 0.264 e. The summed E-state index contributed by atoms with van der Waals surface area (Å²) in [5.41, 5.74) is 1.07. The quantitative estimate of drug-likeness (QED) is 0.662. The fourth-order valence-electron chi connectivity index (χ4n) is 2.90. The van der Waals surface area contributed by atoms with Crippen LogP contribution >= 0.6 is 0 Å². The predicted octanol–water partition coefficient (Wildman–Crippen LogP) is 4.14. The number of para-hydroxylation sites is 1. The van der Waals surface area contributed by atoms with E-state index in [4.69, 9.17) is 0 Å². The number of hydrogen-bond donors (Lipinski definition) is 1. The molecule has 1 N–H and O–H groups in total. The molecular formula is C22H21FN2O3S. The van der Waals surface area contributed by atoms with Crippen LogP contribution in [0.25, 0.3) is 0 Å². The maximum atomic E-state index is 14.0. The van der Waals surface area contributed by atoms with Gasteiger partial charge >= 0.3 is 0 Å². The topological polar surface area (TPSA) is 66.5 Å². The zero-order chi connectivity index (χ0) is 21.0. The molecule has 3 aromatic rings. The molecule has 3 aromatic carbocycles. The molecule has 5 nitrogen and oxygen atoms in total. The van der Waals surface area contributed by atoms with Crippen molar-refractivity contribution in [2.24, 2.45) is 0 Å². The van der Waals surface area contributed by atoms with Crippen molar-refractivity contribution < 1.29 is 17.6 Å². The first kappa shape index (κ1) is 20.5. The lowest BCUT2D eigenvalue weighted by Crippen LogP contribution is -2.29. The average molecular weight is 412 g/mol. The summed E-state index contributed by atoms with van der Waals surface area (Å²) in [5, 5.41) is 2.85. The lowest BCUT2D eigenvalue weighted by atomic mass is 10.1. The number of amides is 1. The third-order valence-corrected chi connectivity index (χ3v) is 6.36. The van der Waals surface area contributed by atoms with Gasteiger partial charge in [0.2, 0.25) is 0 Å². The van der Waals surface area contributed by atoms with E-state index in [2.05, 4.69) is 5.32 Å². The van der Waals surface area contributed by atoms with Crippen LogP contribution in [0.4, 0.5) is 10.1 Å². The molecule has 3 rings (SSSR count). The zero-order valence-corrected chi connectivity index (χ0v) is 16.9. The second-order valence-electron chi connectivity index (χ2n) is 6.56. The van der Waals surface area contributed by atoms with Crippen LogP contribution in [0.5, 0.6) is 0 Å². The molecule has 0 unspecified atom stereocenters. The molecule has 0 saturated carbocycles. The summed E-state index contributed by atoms with van der Waals surface area (Å²) in [6.45, 7) is 1.85. The van der Waals surface area contributed by atoms with E-state index >= 15 is 0 Å². The van der Waals surface area contributed by atoms with Crippen molar-refractivity contribution >= 4 is 21.6 Å². The lowest BCUT2D eigenvalue weighted by molar-refractivity contribution is 0.0939. The van der Waals surface area contributed by atoms with Gasteiger partial charge in [0, 0.05) is 12.6 Å². The van der Waals surface area contributed by atoms with Crippen molar-refractivity contribution in [3.63, 3.8) is 0 Å². The van der Waals surface area contributed by atoms with Crippen LogP contribution in [0, 0.1) is 5.82 Å². The summed E-state index contributed by atoms with van der Waals surface area (Å²) >= 11 is 0. The minimum Gasteiger partial charge on any atom is -0.346 e. The van der Waals surface area contributed by atoms with Crippen LogP contribution < -0.4 is 9.62 Å². The maximum Gasteiger partial charge on any atom is 0.264 e. The standard InChI is InChI=1S/C22H21FN2O3S/c1-16(17-9-4-3-5-10-17)24-22(26)18-11-8-12-19(15-18)29(27,28)25(2)21-14-7-6-13-20(21)23/h3-16H,1-2H3,(H,24,26)/t16-/m0/s1. The molecule has 0 bridgehead atoms. The van der Waals surface area contributed by atoms with E-state index < -0.39 is 21.7 Å². The van der Waals surface area contributed by atoms with Gasteiger partial charge in [-0.3, -0.25) is 9.10 Å². The summed E-state index contributed by atoms with van der Waals surface area (Å²) in [6, 6.07) is 20.5. The van der Waals surface area contributed by atoms with E-state index in [-0.39, 0.29) is 22.2 Å². The summed E-state index contributed by atoms with van der Waals surface area (Å²) < 4.78 is 40.8. The second kappa shape index (κ2) is 8.45. The molecule has 150 valence electrons. The number of halogens is 1. The van der Waals surface area contributed by atoms with Gasteiger partial charge in [-0.25, -0.2) is 12.8 Å². The summed E-state index contributed by atoms with van der Waals surface area (Å²) in [7, 11) is -2.76. The van der Waals surface area contributed by atoms with Crippen molar-refractivity contribution in [3.8, 4) is 0 Å². The number of hydrogen-bond acceptors (Lipinski definition) is 3. The summed E-state index contributed by atoms with van der Waals surface area (Å²) in [5.74, 6) is -1.05. The van der Waals surface area contributed by atoms with Crippen LogP contribution in [-0.2, 0) is 10.0 Å². The van der Waals surface area contributed by atoms with Gasteiger partial charge in [-0.15, -0.1) is 0 Å². The summed E-state index contributed by atoms with van der Waals surface area (Å²) in [6.07, 6.45) is 0. The van der Waals surface area contributed by atoms with Crippen molar-refractivity contribution in [2.75, 3.05) is 11.4 Å². The number of anilines is 1. The van der Waals surface area contributed by atoms with Gasteiger partial charge in [0.15, 0.2) is 0 Å². The Morgan fingerprint density at radius 2 is 1.62 bits per heavy atom. The molecular weight excluding hydrogens is 391 g/mol. The van der Waals surface area contributed by atoms with E-state index in [1.807, 2.05) is 37.3 Å². The molecule has 0 fully saturated rings. The van der Waals surface area contributed by atoms with Gasteiger partial charge in [0.25, 0.3) is 15.9 Å². The first-order chi connectivity index (χ1) is 13.8. The third kappa shape index (κ3) is 4.46. The Morgan fingerprint density at radius 3 is 2.31 bits per heavy atom. The Bertz CT molecular complexity index is 1120. The number of carbonyl (C=O) groups is 1. The van der Waals surface area contributed by atoms with Crippen molar-refractivity contribution in [1.29, 1.82) is 0 Å². The first-order valence-electron chi connectivity index (χ1n) is 9.00. The Hall–Kier alpha value is -3.19. The normalized spacial score (nSPS) is 12.2. The molecule has 0 radical (unpaired) electrons. The van der Waals surface area contributed by atoms with E-state index in [1.165, 1.54) is 49.5 Å². The molecule has 0 aliphatic carbocycles. The highest BCUT2D eigenvalue weighted by Crippen LogP contribution is 2.25. The molecule has 0 spiro atoms.